The molecule has 74 valence electrons. The SMILES string of the molecule is C#CCCCC(CC)(CC)C(=O)O. The van der Waals surface area contributed by atoms with E-state index in [2.05, 4.69) is 5.92 Å². The van der Waals surface area contributed by atoms with Crippen LogP contribution in [-0.4, -0.2) is 11.1 Å². The van der Waals surface area contributed by atoms with Crippen molar-refractivity contribution in [3.05, 3.63) is 0 Å². The monoisotopic (exact) mass is 182 g/mol. The minimum Gasteiger partial charge on any atom is -0.481 e. The van der Waals surface area contributed by atoms with Crippen LogP contribution in [0.4, 0.5) is 0 Å². The summed E-state index contributed by atoms with van der Waals surface area (Å²) in [7, 11) is 0. The van der Waals surface area contributed by atoms with Crippen LogP contribution in [0.25, 0.3) is 0 Å². The van der Waals surface area contributed by atoms with Gasteiger partial charge in [-0.1, -0.05) is 13.8 Å². The second-order valence-electron chi connectivity index (χ2n) is 3.35. The van der Waals surface area contributed by atoms with Crippen molar-refractivity contribution >= 4 is 5.97 Å². The van der Waals surface area contributed by atoms with E-state index in [1.54, 1.807) is 0 Å². The van der Waals surface area contributed by atoms with E-state index >= 15 is 0 Å². The van der Waals surface area contributed by atoms with Crippen molar-refractivity contribution < 1.29 is 9.90 Å². The summed E-state index contributed by atoms with van der Waals surface area (Å²) in [5.41, 5.74) is -0.545. The van der Waals surface area contributed by atoms with Crippen LogP contribution in [0.15, 0.2) is 0 Å². The second-order valence-corrected chi connectivity index (χ2v) is 3.35. The first-order chi connectivity index (χ1) is 6.13. The smallest absolute Gasteiger partial charge is 0.309 e. The third-order valence-electron chi connectivity index (χ3n) is 2.78. The van der Waals surface area contributed by atoms with Gasteiger partial charge in [-0.05, 0) is 25.7 Å². The normalized spacial score (nSPS) is 10.8. The Hall–Kier alpha value is -0.970. The molecule has 0 saturated heterocycles. The second kappa shape index (κ2) is 5.64. The average molecular weight is 182 g/mol. The molecule has 0 aliphatic rings. The van der Waals surface area contributed by atoms with E-state index in [4.69, 9.17) is 11.5 Å². The number of rotatable bonds is 6. The van der Waals surface area contributed by atoms with E-state index in [0.717, 1.165) is 6.42 Å². The molecule has 0 atom stereocenters. The van der Waals surface area contributed by atoms with Gasteiger partial charge in [-0.2, -0.15) is 0 Å². The number of aliphatic carboxylic acids is 1. The molecule has 0 aromatic rings. The van der Waals surface area contributed by atoms with E-state index in [9.17, 15) is 4.79 Å². The van der Waals surface area contributed by atoms with Crippen LogP contribution in [0, 0.1) is 17.8 Å². The molecule has 0 fully saturated rings. The highest BCUT2D eigenvalue weighted by atomic mass is 16.4. The van der Waals surface area contributed by atoms with Crippen LogP contribution in [0.1, 0.15) is 46.0 Å². The van der Waals surface area contributed by atoms with Gasteiger partial charge in [0.2, 0.25) is 0 Å². The first-order valence-electron chi connectivity index (χ1n) is 4.79. The Morgan fingerprint density at radius 2 is 2.00 bits per heavy atom. The van der Waals surface area contributed by atoms with Gasteiger partial charge in [0.05, 0.1) is 5.41 Å². The lowest BCUT2D eigenvalue weighted by Crippen LogP contribution is -2.29. The van der Waals surface area contributed by atoms with Crippen molar-refractivity contribution in [2.75, 3.05) is 0 Å². The first-order valence-corrected chi connectivity index (χ1v) is 4.79. The van der Waals surface area contributed by atoms with Gasteiger partial charge in [0, 0.05) is 6.42 Å². The Kier molecular flexibility index (Phi) is 5.22. The van der Waals surface area contributed by atoms with E-state index in [1.807, 2.05) is 13.8 Å². The maximum atomic E-state index is 11.0. The van der Waals surface area contributed by atoms with Gasteiger partial charge in [-0.25, -0.2) is 0 Å². The molecule has 0 aliphatic heterocycles. The maximum Gasteiger partial charge on any atom is 0.309 e. The van der Waals surface area contributed by atoms with Crippen molar-refractivity contribution in [3.63, 3.8) is 0 Å². The van der Waals surface area contributed by atoms with Gasteiger partial charge >= 0.3 is 5.97 Å². The molecule has 0 heterocycles. The van der Waals surface area contributed by atoms with Crippen molar-refractivity contribution in [2.24, 2.45) is 5.41 Å². The third kappa shape index (κ3) is 3.10. The van der Waals surface area contributed by atoms with Gasteiger partial charge in [-0.15, -0.1) is 12.3 Å². The number of hydrogen-bond donors (Lipinski definition) is 1. The minimum absolute atomic E-state index is 0.545. The molecule has 0 aromatic carbocycles. The van der Waals surface area contributed by atoms with Gasteiger partial charge in [-0.3, -0.25) is 4.79 Å². The molecule has 0 saturated carbocycles. The molecule has 0 bridgehead atoms. The van der Waals surface area contributed by atoms with Crippen LogP contribution in [0.5, 0.6) is 0 Å². The van der Waals surface area contributed by atoms with Gasteiger partial charge in [0.15, 0.2) is 0 Å². The molecule has 0 spiro atoms. The zero-order valence-electron chi connectivity index (χ0n) is 8.47. The fourth-order valence-corrected chi connectivity index (χ4v) is 1.54. The summed E-state index contributed by atoms with van der Waals surface area (Å²) in [5, 5.41) is 9.07. The van der Waals surface area contributed by atoms with Gasteiger partial charge < -0.3 is 5.11 Å². The fraction of sp³-hybridized carbons (Fsp3) is 0.727. The first kappa shape index (κ1) is 12.0. The van der Waals surface area contributed by atoms with Crippen LogP contribution < -0.4 is 0 Å². The molecule has 13 heavy (non-hydrogen) atoms. The largest absolute Gasteiger partial charge is 0.481 e. The van der Waals surface area contributed by atoms with Crippen LogP contribution in [0.3, 0.4) is 0 Å². The Morgan fingerprint density at radius 3 is 2.31 bits per heavy atom. The molecule has 1 N–H and O–H groups in total. The Morgan fingerprint density at radius 1 is 1.46 bits per heavy atom. The highest BCUT2D eigenvalue weighted by Gasteiger charge is 2.33. The van der Waals surface area contributed by atoms with Crippen LogP contribution in [0.2, 0.25) is 0 Å². The zero-order valence-corrected chi connectivity index (χ0v) is 8.47. The molecular weight excluding hydrogens is 164 g/mol. The molecule has 0 radical (unpaired) electrons. The fourth-order valence-electron chi connectivity index (χ4n) is 1.54. The Labute approximate surface area is 80.3 Å². The number of hydrogen-bond acceptors (Lipinski definition) is 1. The van der Waals surface area contributed by atoms with Crippen molar-refractivity contribution in [2.45, 2.75) is 46.0 Å². The number of unbranched alkanes of at least 4 members (excludes halogenated alkanes) is 1. The van der Waals surface area contributed by atoms with Crippen LogP contribution in [-0.2, 0) is 4.79 Å². The number of carboxylic acids is 1. The van der Waals surface area contributed by atoms with E-state index in [1.165, 1.54) is 0 Å². The molecule has 0 unspecified atom stereocenters. The Bertz CT molecular complexity index is 197. The lowest BCUT2D eigenvalue weighted by Gasteiger charge is -2.26. The summed E-state index contributed by atoms with van der Waals surface area (Å²) in [6, 6.07) is 0. The lowest BCUT2D eigenvalue weighted by molar-refractivity contribution is -0.150. The quantitative estimate of drug-likeness (QED) is 0.506. The molecule has 0 aromatic heterocycles. The number of carboxylic acid groups (broad SMARTS) is 1. The third-order valence-corrected chi connectivity index (χ3v) is 2.78. The summed E-state index contributed by atoms with van der Waals surface area (Å²) in [6.45, 7) is 3.85. The van der Waals surface area contributed by atoms with Crippen molar-refractivity contribution in [1.29, 1.82) is 0 Å². The van der Waals surface area contributed by atoms with Gasteiger partial charge in [0.25, 0.3) is 0 Å². The molecule has 0 amide bonds. The summed E-state index contributed by atoms with van der Waals surface area (Å²) in [4.78, 5) is 11.0. The molecule has 2 heteroatoms. The predicted octanol–water partition coefficient (Wildman–Crippen LogP) is 2.68. The van der Waals surface area contributed by atoms with Crippen LogP contribution >= 0.6 is 0 Å². The zero-order chi connectivity index (χ0) is 10.3. The number of carbonyl (C=O) groups is 1. The topological polar surface area (TPSA) is 37.3 Å². The maximum absolute atomic E-state index is 11.0. The standard InChI is InChI=1S/C11H18O2/c1-4-7-8-9-11(5-2,6-3)10(12)13/h1H,5-9H2,2-3H3,(H,12,13). The van der Waals surface area contributed by atoms with E-state index < -0.39 is 11.4 Å². The van der Waals surface area contributed by atoms with E-state index in [0.29, 0.717) is 25.7 Å². The van der Waals surface area contributed by atoms with E-state index in [-0.39, 0.29) is 0 Å². The highest BCUT2D eigenvalue weighted by molar-refractivity contribution is 5.74. The summed E-state index contributed by atoms with van der Waals surface area (Å²) in [6.07, 6.45) is 8.67. The molecule has 0 aliphatic carbocycles. The molecular formula is C11H18O2. The summed E-state index contributed by atoms with van der Waals surface area (Å²) >= 11 is 0. The highest BCUT2D eigenvalue weighted by Crippen LogP contribution is 2.32. The minimum atomic E-state index is -0.686. The molecule has 0 rings (SSSR count). The van der Waals surface area contributed by atoms with Crippen molar-refractivity contribution in [3.8, 4) is 12.3 Å². The lowest BCUT2D eigenvalue weighted by atomic mass is 9.78. The summed E-state index contributed by atoms with van der Waals surface area (Å²) in [5.74, 6) is 1.85. The predicted molar refractivity (Wildman–Crippen MR) is 53.3 cm³/mol. The number of terminal acetylenes is 1. The summed E-state index contributed by atoms with van der Waals surface area (Å²) < 4.78 is 0. The molecule has 2 nitrogen and oxygen atoms in total. The van der Waals surface area contributed by atoms with Gasteiger partial charge in [0.1, 0.15) is 0 Å². The Balaban J connectivity index is 4.24. The average Bonchev–Trinajstić information content (AvgIpc) is 2.13. The van der Waals surface area contributed by atoms with Crippen molar-refractivity contribution in [1.82, 2.24) is 0 Å².